The standard InChI is InChI=1S/C19H32N4O4.C19H30N4O4/c2*1-7-8-9-23(18(26)27-19(4,5)6)12-15(24)14-10-20-17(21-11-14)22-16(25)13(2)3/h10-11,13,15,24H,7-9,12H2,1-6H3,(H,20,21,22,25);10-11,13H,7-9,12H2,1-6H3,(H,20,21,22,25)/t15-;/m0./s1. The van der Waals surface area contributed by atoms with Crippen molar-refractivity contribution in [3.63, 3.8) is 0 Å². The summed E-state index contributed by atoms with van der Waals surface area (Å²) >= 11 is 0. The van der Waals surface area contributed by atoms with Crippen LogP contribution < -0.4 is 10.6 Å². The van der Waals surface area contributed by atoms with Crippen molar-refractivity contribution in [3.8, 4) is 0 Å². The number of aliphatic hydroxyl groups is 1. The van der Waals surface area contributed by atoms with E-state index in [-0.39, 0.29) is 60.0 Å². The van der Waals surface area contributed by atoms with Gasteiger partial charge in [0, 0.05) is 55.3 Å². The van der Waals surface area contributed by atoms with Crippen molar-refractivity contribution in [1.29, 1.82) is 0 Å². The number of Topliss-reactive ketones (excluding diaryl/α,β-unsaturated/α-hetero) is 1. The molecule has 0 spiro atoms. The molecule has 0 saturated heterocycles. The second-order valence-electron chi connectivity index (χ2n) is 15.4. The quantitative estimate of drug-likeness (QED) is 0.158. The van der Waals surface area contributed by atoms with Crippen molar-refractivity contribution in [3.05, 3.63) is 35.9 Å². The average Bonchev–Trinajstić information content (AvgIpc) is 3.07. The lowest BCUT2D eigenvalue weighted by molar-refractivity contribution is -0.119. The summed E-state index contributed by atoms with van der Waals surface area (Å²) in [6.45, 7) is 22.7. The van der Waals surface area contributed by atoms with Gasteiger partial charge in [0.2, 0.25) is 23.7 Å². The van der Waals surface area contributed by atoms with Crippen LogP contribution in [0.5, 0.6) is 0 Å². The van der Waals surface area contributed by atoms with E-state index in [2.05, 4.69) is 30.6 Å². The number of aliphatic hydroxyl groups excluding tert-OH is 1. The highest BCUT2D eigenvalue weighted by molar-refractivity contribution is 5.98. The van der Waals surface area contributed by atoms with Crippen LogP contribution in [0.3, 0.4) is 0 Å². The number of nitrogens with one attached hydrogen (secondary N) is 2. The molecular weight excluding hydrogens is 696 g/mol. The van der Waals surface area contributed by atoms with Gasteiger partial charge in [0.25, 0.3) is 0 Å². The summed E-state index contributed by atoms with van der Waals surface area (Å²) in [4.78, 5) is 79.6. The first-order valence-electron chi connectivity index (χ1n) is 18.5. The van der Waals surface area contributed by atoms with E-state index >= 15 is 0 Å². The lowest BCUT2D eigenvalue weighted by Crippen LogP contribution is -2.40. The number of anilines is 2. The molecule has 2 rings (SSSR count). The number of unbranched alkanes of at least 4 members (excludes halogenated alkanes) is 2. The maximum absolute atomic E-state index is 12.5. The fourth-order valence-corrected chi connectivity index (χ4v) is 4.04. The van der Waals surface area contributed by atoms with Crippen molar-refractivity contribution in [1.82, 2.24) is 29.7 Å². The lowest BCUT2D eigenvalue weighted by Gasteiger charge is -2.28. The van der Waals surface area contributed by atoms with Gasteiger partial charge in [0.1, 0.15) is 11.2 Å². The van der Waals surface area contributed by atoms with E-state index in [0.29, 0.717) is 18.7 Å². The first-order chi connectivity index (χ1) is 25.1. The lowest BCUT2D eigenvalue weighted by atomic mass is 10.2. The highest BCUT2D eigenvalue weighted by Crippen LogP contribution is 2.18. The second-order valence-corrected chi connectivity index (χ2v) is 15.4. The third-order valence-electron chi connectivity index (χ3n) is 7.14. The molecule has 3 N–H and O–H groups in total. The van der Waals surface area contributed by atoms with Crippen LogP contribution in [0.25, 0.3) is 0 Å². The maximum atomic E-state index is 12.5. The molecule has 302 valence electrons. The summed E-state index contributed by atoms with van der Waals surface area (Å²) in [7, 11) is 0. The highest BCUT2D eigenvalue weighted by atomic mass is 16.6. The summed E-state index contributed by atoms with van der Waals surface area (Å²) in [5, 5.41) is 15.6. The number of aromatic nitrogens is 4. The molecule has 2 aromatic rings. The van der Waals surface area contributed by atoms with Crippen LogP contribution in [0.4, 0.5) is 21.5 Å². The Balaban J connectivity index is 0.000000540. The number of hydrogen-bond donors (Lipinski definition) is 3. The fraction of sp³-hybridized carbons (Fsp3) is 0.658. The van der Waals surface area contributed by atoms with Gasteiger partial charge in [-0.3, -0.25) is 25.0 Å². The Morgan fingerprint density at radius 1 is 0.685 bits per heavy atom. The van der Waals surface area contributed by atoms with E-state index in [1.807, 2.05) is 13.8 Å². The molecule has 0 bridgehead atoms. The Kier molecular flexibility index (Phi) is 19.7. The van der Waals surface area contributed by atoms with Crippen LogP contribution in [-0.4, -0.2) is 102 Å². The first-order valence-corrected chi connectivity index (χ1v) is 18.5. The van der Waals surface area contributed by atoms with Crippen molar-refractivity contribution < 1.29 is 38.6 Å². The molecule has 16 nitrogen and oxygen atoms in total. The van der Waals surface area contributed by atoms with E-state index < -0.39 is 29.5 Å². The fourth-order valence-electron chi connectivity index (χ4n) is 4.04. The number of carbonyl (C=O) groups excluding carboxylic acids is 5. The van der Waals surface area contributed by atoms with Gasteiger partial charge >= 0.3 is 12.2 Å². The Morgan fingerprint density at radius 2 is 1.07 bits per heavy atom. The van der Waals surface area contributed by atoms with Gasteiger partial charge < -0.3 is 24.4 Å². The van der Waals surface area contributed by atoms with Crippen molar-refractivity contribution >= 4 is 41.7 Å². The van der Waals surface area contributed by atoms with Gasteiger partial charge in [-0.1, -0.05) is 54.4 Å². The zero-order valence-electron chi connectivity index (χ0n) is 34.2. The summed E-state index contributed by atoms with van der Waals surface area (Å²) in [6.07, 6.45) is 7.03. The van der Waals surface area contributed by atoms with Crippen LogP contribution in [0.15, 0.2) is 24.8 Å². The normalized spacial score (nSPS) is 11.9. The SMILES string of the molecule is CCCCN(CC(=O)c1cnc(NC(=O)C(C)C)nc1)C(=O)OC(C)(C)C.CCCCN(C[C@H](O)c1cnc(NC(=O)C(C)C)nc1)C(=O)OC(C)(C)C. The maximum Gasteiger partial charge on any atom is 0.410 e. The number of hydrogen-bond acceptors (Lipinski definition) is 12. The molecule has 0 radical (unpaired) electrons. The predicted molar refractivity (Wildman–Crippen MR) is 206 cm³/mol. The second kappa shape index (κ2) is 22.5. The number of ether oxygens (including phenoxy) is 2. The van der Waals surface area contributed by atoms with E-state index in [4.69, 9.17) is 9.47 Å². The molecule has 1 atom stereocenters. The van der Waals surface area contributed by atoms with Gasteiger partial charge in [-0.2, -0.15) is 0 Å². The third-order valence-corrected chi connectivity index (χ3v) is 7.14. The number of nitrogens with zero attached hydrogens (tertiary/aromatic N) is 6. The van der Waals surface area contributed by atoms with E-state index in [9.17, 15) is 29.1 Å². The molecule has 0 aromatic carbocycles. The summed E-state index contributed by atoms with van der Waals surface area (Å²) in [5.74, 6) is -0.738. The Labute approximate surface area is 320 Å². The van der Waals surface area contributed by atoms with E-state index in [1.54, 1.807) is 69.2 Å². The number of amides is 4. The Bertz CT molecular complexity index is 1490. The number of ketones is 1. The summed E-state index contributed by atoms with van der Waals surface area (Å²) in [6, 6.07) is 0. The third kappa shape index (κ3) is 18.9. The minimum Gasteiger partial charge on any atom is -0.444 e. The smallest absolute Gasteiger partial charge is 0.410 e. The molecule has 0 fully saturated rings. The summed E-state index contributed by atoms with van der Waals surface area (Å²) in [5.41, 5.74) is -0.513. The summed E-state index contributed by atoms with van der Waals surface area (Å²) < 4.78 is 10.8. The molecule has 0 aliphatic carbocycles. The molecule has 0 saturated carbocycles. The van der Waals surface area contributed by atoms with Crippen LogP contribution in [0, 0.1) is 11.8 Å². The highest BCUT2D eigenvalue weighted by Gasteiger charge is 2.26. The molecule has 2 heterocycles. The van der Waals surface area contributed by atoms with Crippen LogP contribution >= 0.6 is 0 Å². The van der Waals surface area contributed by atoms with Gasteiger partial charge in [-0.05, 0) is 54.4 Å². The van der Waals surface area contributed by atoms with Gasteiger partial charge in [0.15, 0.2) is 5.78 Å². The van der Waals surface area contributed by atoms with Gasteiger partial charge in [-0.25, -0.2) is 29.5 Å². The molecular formula is C38H62N8O8. The number of carbonyl (C=O) groups is 5. The van der Waals surface area contributed by atoms with E-state index in [1.165, 1.54) is 34.6 Å². The largest absolute Gasteiger partial charge is 0.444 e. The topological polar surface area (TPSA) is 206 Å². The Morgan fingerprint density at radius 3 is 1.46 bits per heavy atom. The first kappa shape index (κ1) is 47.3. The predicted octanol–water partition coefficient (Wildman–Crippen LogP) is 6.43. The molecule has 0 aliphatic heterocycles. The van der Waals surface area contributed by atoms with Crippen molar-refractivity contribution in [2.75, 3.05) is 36.8 Å². The molecule has 0 aliphatic rings. The van der Waals surface area contributed by atoms with Crippen LogP contribution in [-0.2, 0) is 19.1 Å². The van der Waals surface area contributed by atoms with Gasteiger partial charge in [-0.15, -0.1) is 0 Å². The van der Waals surface area contributed by atoms with Crippen LogP contribution in [0.1, 0.15) is 131 Å². The molecule has 0 unspecified atom stereocenters. The zero-order valence-corrected chi connectivity index (χ0v) is 34.2. The molecule has 2 aromatic heterocycles. The van der Waals surface area contributed by atoms with Gasteiger partial charge in [0.05, 0.1) is 24.8 Å². The molecule has 4 amide bonds. The monoisotopic (exact) mass is 758 g/mol. The van der Waals surface area contributed by atoms with E-state index in [0.717, 1.165) is 25.7 Å². The Hall–Kier alpha value is -4.73. The minimum absolute atomic E-state index is 0.0793. The number of rotatable bonds is 16. The van der Waals surface area contributed by atoms with Crippen molar-refractivity contribution in [2.45, 2.75) is 126 Å². The zero-order chi connectivity index (χ0) is 41.2. The minimum atomic E-state index is -0.954. The van der Waals surface area contributed by atoms with Crippen LogP contribution in [0.2, 0.25) is 0 Å². The van der Waals surface area contributed by atoms with Crippen molar-refractivity contribution in [2.24, 2.45) is 11.8 Å². The average molecular weight is 759 g/mol. The molecule has 54 heavy (non-hydrogen) atoms. The molecule has 16 heteroatoms.